The molecule has 4 saturated carbocycles. The summed E-state index contributed by atoms with van der Waals surface area (Å²) in [6.07, 6.45) is 18.0. The van der Waals surface area contributed by atoms with Gasteiger partial charge in [-0.05, 0) is 116 Å². The number of hydrogen-bond donors (Lipinski definition) is 1. The van der Waals surface area contributed by atoms with Crippen LogP contribution in [0.3, 0.4) is 0 Å². The molecule has 4 aliphatic rings. The van der Waals surface area contributed by atoms with Crippen LogP contribution in [0.1, 0.15) is 115 Å². The standard InChI is InChI=1S/C32H48ClNO3/c1-5-21-17-23-26-12-11-24(32(26,4)15-13-27(23)31(3)14-7-6-10-25(21)31)20(2)9-8-16-37-29-28(33)18-22(19-34-29)30(35)36/h18-21,23-27H,5-17H2,1-4H3,(H,35,36)/t20-,21+,23+,24-,25+,26?,27+,31+,32-/m1/s1. The van der Waals surface area contributed by atoms with Crippen molar-refractivity contribution in [1.29, 1.82) is 0 Å². The summed E-state index contributed by atoms with van der Waals surface area (Å²) in [5, 5.41) is 9.36. The van der Waals surface area contributed by atoms with Crippen molar-refractivity contribution >= 4 is 17.6 Å². The number of aromatic nitrogens is 1. The fourth-order valence-corrected chi connectivity index (χ4v) is 10.6. The lowest BCUT2D eigenvalue weighted by Crippen LogP contribution is -2.55. The average molecular weight is 530 g/mol. The van der Waals surface area contributed by atoms with E-state index in [2.05, 4.69) is 32.7 Å². The van der Waals surface area contributed by atoms with Crippen molar-refractivity contribution in [2.75, 3.05) is 6.61 Å². The van der Waals surface area contributed by atoms with Gasteiger partial charge in [0.05, 0.1) is 12.2 Å². The fourth-order valence-electron chi connectivity index (χ4n) is 10.4. The second-order valence-electron chi connectivity index (χ2n) is 13.7. The lowest BCUT2D eigenvalue weighted by atomic mass is 9.42. The topological polar surface area (TPSA) is 59.4 Å². The number of pyridine rings is 1. The summed E-state index contributed by atoms with van der Waals surface area (Å²) >= 11 is 6.19. The molecule has 4 aliphatic carbocycles. The molecule has 1 N–H and O–H groups in total. The van der Waals surface area contributed by atoms with Gasteiger partial charge in [-0.3, -0.25) is 0 Å². The Morgan fingerprint density at radius 2 is 1.92 bits per heavy atom. The molecule has 0 spiro atoms. The highest BCUT2D eigenvalue weighted by Crippen LogP contribution is 2.69. The average Bonchev–Trinajstić information content (AvgIpc) is 3.23. The molecule has 5 rings (SSSR count). The Morgan fingerprint density at radius 3 is 2.65 bits per heavy atom. The quantitative estimate of drug-likeness (QED) is 0.341. The summed E-state index contributed by atoms with van der Waals surface area (Å²) in [5.41, 5.74) is 1.18. The van der Waals surface area contributed by atoms with E-state index in [9.17, 15) is 4.79 Å². The van der Waals surface area contributed by atoms with E-state index in [0.717, 1.165) is 48.3 Å². The summed E-state index contributed by atoms with van der Waals surface area (Å²) in [6.45, 7) is 10.9. The highest BCUT2D eigenvalue weighted by molar-refractivity contribution is 6.32. The number of rotatable bonds is 8. The molecule has 1 heterocycles. The third kappa shape index (κ3) is 4.83. The largest absolute Gasteiger partial charge is 0.478 e. The van der Waals surface area contributed by atoms with Gasteiger partial charge in [-0.2, -0.15) is 0 Å². The number of carbonyl (C=O) groups is 1. The van der Waals surface area contributed by atoms with Crippen LogP contribution in [0.5, 0.6) is 5.88 Å². The van der Waals surface area contributed by atoms with Gasteiger partial charge >= 0.3 is 5.97 Å². The first-order valence-corrected chi connectivity index (χ1v) is 15.6. The SMILES string of the molecule is CC[C@H]1C[C@H]2C3CC[C@H]([C@H](C)CCCOc4ncc(C(=O)O)cc4Cl)[C@@]3(C)CC[C@@H]2[C@@]2(C)CCCC[C@@H]12. The summed E-state index contributed by atoms with van der Waals surface area (Å²) < 4.78 is 5.84. The van der Waals surface area contributed by atoms with Gasteiger partial charge in [0.15, 0.2) is 0 Å². The molecule has 206 valence electrons. The van der Waals surface area contributed by atoms with Crippen molar-refractivity contribution < 1.29 is 14.6 Å². The highest BCUT2D eigenvalue weighted by atomic mass is 35.5. The van der Waals surface area contributed by atoms with Gasteiger partial charge < -0.3 is 9.84 Å². The van der Waals surface area contributed by atoms with Gasteiger partial charge in [-0.1, -0.05) is 58.6 Å². The van der Waals surface area contributed by atoms with Crippen molar-refractivity contribution in [3.63, 3.8) is 0 Å². The summed E-state index contributed by atoms with van der Waals surface area (Å²) in [5.74, 6) is 5.57. The molecule has 0 radical (unpaired) electrons. The number of fused-ring (bicyclic) bond motifs is 5. The number of nitrogens with zero attached hydrogens (tertiary/aromatic N) is 1. The zero-order valence-electron chi connectivity index (χ0n) is 23.5. The van der Waals surface area contributed by atoms with Gasteiger partial charge in [-0.25, -0.2) is 9.78 Å². The van der Waals surface area contributed by atoms with Gasteiger partial charge in [0.1, 0.15) is 5.02 Å². The van der Waals surface area contributed by atoms with Crippen LogP contribution in [0.25, 0.3) is 0 Å². The van der Waals surface area contributed by atoms with Crippen LogP contribution in [0.4, 0.5) is 0 Å². The molecule has 0 saturated heterocycles. The lowest BCUT2D eigenvalue weighted by molar-refractivity contribution is -0.138. The molecule has 37 heavy (non-hydrogen) atoms. The minimum atomic E-state index is -1.03. The Bertz CT molecular complexity index is 983. The zero-order chi connectivity index (χ0) is 26.4. The first kappa shape index (κ1) is 27.3. The van der Waals surface area contributed by atoms with Crippen LogP contribution < -0.4 is 4.74 Å². The van der Waals surface area contributed by atoms with E-state index in [0.29, 0.717) is 29.2 Å². The Morgan fingerprint density at radius 1 is 1.14 bits per heavy atom. The maximum Gasteiger partial charge on any atom is 0.337 e. The fraction of sp³-hybridized carbons (Fsp3) is 0.812. The predicted molar refractivity (Wildman–Crippen MR) is 149 cm³/mol. The van der Waals surface area contributed by atoms with E-state index in [-0.39, 0.29) is 10.6 Å². The predicted octanol–water partition coefficient (Wildman–Crippen LogP) is 8.91. The first-order valence-electron chi connectivity index (χ1n) is 15.2. The number of hydrogen-bond acceptors (Lipinski definition) is 3. The minimum absolute atomic E-state index is 0.0842. The lowest BCUT2D eigenvalue weighted by Gasteiger charge is -2.63. The second-order valence-corrected chi connectivity index (χ2v) is 14.1. The van der Waals surface area contributed by atoms with Crippen molar-refractivity contribution in [3.05, 3.63) is 22.8 Å². The molecular formula is C32H48ClNO3. The molecule has 1 unspecified atom stereocenters. The van der Waals surface area contributed by atoms with Crippen molar-refractivity contribution in [2.24, 2.45) is 52.3 Å². The molecule has 5 heteroatoms. The van der Waals surface area contributed by atoms with Gasteiger partial charge in [0.2, 0.25) is 5.88 Å². The number of halogens is 1. The maximum atomic E-state index is 11.1. The number of carboxylic acid groups (broad SMARTS) is 1. The van der Waals surface area contributed by atoms with Crippen LogP contribution >= 0.6 is 11.6 Å². The van der Waals surface area contributed by atoms with E-state index in [1.165, 1.54) is 76.5 Å². The van der Waals surface area contributed by atoms with Crippen molar-refractivity contribution in [2.45, 2.75) is 105 Å². The van der Waals surface area contributed by atoms with Gasteiger partial charge in [0.25, 0.3) is 0 Å². The molecule has 9 atom stereocenters. The van der Waals surface area contributed by atoms with Crippen LogP contribution in [-0.4, -0.2) is 22.7 Å². The molecule has 0 bridgehead atoms. The van der Waals surface area contributed by atoms with Gasteiger partial charge in [0, 0.05) is 6.20 Å². The Labute approximate surface area is 229 Å². The number of aromatic carboxylic acids is 1. The molecule has 0 aromatic carbocycles. The molecular weight excluding hydrogens is 482 g/mol. The second kappa shape index (κ2) is 10.7. The molecule has 0 amide bonds. The molecule has 1 aromatic heterocycles. The van der Waals surface area contributed by atoms with E-state index >= 15 is 0 Å². The smallest absolute Gasteiger partial charge is 0.337 e. The van der Waals surface area contributed by atoms with Crippen LogP contribution in [-0.2, 0) is 0 Å². The summed E-state index contributed by atoms with van der Waals surface area (Å²) in [7, 11) is 0. The number of carboxylic acids is 1. The molecule has 1 aromatic rings. The third-order valence-electron chi connectivity index (χ3n) is 12.1. The van der Waals surface area contributed by atoms with Crippen LogP contribution in [0.15, 0.2) is 12.3 Å². The molecule has 0 aliphatic heterocycles. The van der Waals surface area contributed by atoms with Crippen LogP contribution in [0, 0.1) is 52.3 Å². The van der Waals surface area contributed by atoms with E-state index in [1.807, 2.05) is 0 Å². The Kier molecular flexibility index (Phi) is 7.89. The Hall–Kier alpha value is -1.29. The number of ether oxygens (including phenoxy) is 1. The van der Waals surface area contributed by atoms with Crippen molar-refractivity contribution in [1.82, 2.24) is 4.98 Å². The maximum absolute atomic E-state index is 11.1. The molecule has 4 nitrogen and oxygen atoms in total. The summed E-state index contributed by atoms with van der Waals surface area (Å²) in [4.78, 5) is 15.2. The Balaban J connectivity index is 1.20. The highest BCUT2D eigenvalue weighted by Gasteiger charge is 2.61. The van der Waals surface area contributed by atoms with E-state index in [4.69, 9.17) is 21.4 Å². The zero-order valence-corrected chi connectivity index (χ0v) is 24.2. The van der Waals surface area contributed by atoms with E-state index < -0.39 is 5.97 Å². The minimum Gasteiger partial charge on any atom is -0.478 e. The van der Waals surface area contributed by atoms with Crippen LogP contribution in [0.2, 0.25) is 5.02 Å². The summed E-state index contributed by atoms with van der Waals surface area (Å²) in [6, 6.07) is 1.41. The third-order valence-corrected chi connectivity index (χ3v) is 12.4. The van der Waals surface area contributed by atoms with Gasteiger partial charge in [-0.15, -0.1) is 0 Å². The van der Waals surface area contributed by atoms with E-state index in [1.54, 1.807) is 0 Å². The monoisotopic (exact) mass is 529 g/mol. The van der Waals surface area contributed by atoms with Crippen molar-refractivity contribution in [3.8, 4) is 5.88 Å². The normalized spacial score (nSPS) is 39.8. The molecule has 4 fully saturated rings. The first-order chi connectivity index (χ1) is 17.7.